The van der Waals surface area contributed by atoms with Crippen LogP contribution in [0.5, 0.6) is 5.75 Å². The van der Waals surface area contributed by atoms with Gasteiger partial charge in [0.2, 0.25) is 0 Å². The van der Waals surface area contributed by atoms with Crippen molar-refractivity contribution in [1.82, 2.24) is 25.3 Å². The van der Waals surface area contributed by atoms with Gasteiger partial charge in [-0.25, -0.2) is 4.68 Å². The molecule has 0 amide bonds. The van der Waals surface area contributed by atoms with E-state index in [1.807, 2.05) is 43.5 Å². The smallest absolute Gasteiger partial charge is 0.151 e. The van der Waals surface area contributed by atoms with Crippen LogP contribution in [0.15, 0.2) is 42.6 Å². The monoisotopic (exact) mass is 390 g/mol. The Morgan fingerprint density at radius 2 is 1.86 bits per heavy atom. The minimum Gasteiger partial charge on any atom is -0.507 e. The Morgan fingerprint density at radius 3 is 2.48 bits per heavy atom. The lowest BCUT2D eigenvalue weighted by atomic mass is 9.98. The molecule has 0 saturated carbocycles. The normalized spacial score (nSPS) is 23.3. The molecule has 0 aliphatic carbocycles. The summed E-state index contributed by atoms with van der Waals surface area (Å²) in [7, 11) is 2.11. The molecule has 150 valence electrons. The highest BCUT2D eigenvalue weighted by Gasteiger charge is 2.35. The van der Waals surface area contributed by atoms with Gasteiger partial charge in [-0.2, -0.15) is 5.10 Å². The molecule has 5 rings (SSSR count). The number of piperidine rings is 1. The zero-order valence-corrected chi connectivity index (χ0v) is 16.8. The van der Waals surface area contributed by atoms with Gasteiger partial charge in [-0.15, -0.1) is 10.2 Å². The lowest BCUT2D eigenvalue weighted by Gasteiger charge is -2.36. The Labute approximate surface area is 170 Å². The number of anilines is 1. The predicted molar refractivity (Wildman–Crippen MR) is 112 cm³/mol. The Kier molecular flexibility index (Phi) is 4.47. The molecule has 2 aromatic heterocycles. The maximum atomic E-state index is 10.5. The van der Waals surface area contributed by atoms with E-state index in [9.17, 15) is 5.11 Å². The van der Waals surface area contributed by atoms with Gasteiger partial charge in [-0.1, -0.05) is 0 Å². The van der Waals surface area contributed by atoms with Crippen LogP contribution < -0.4 is 10.2 Å². The standard InChI is InChI=1S/C22H26N6O/c1-14-9-10-28(26-14)17-5-6-19(21(29)13-17)20-7-8-22(25-24-20)27(2)18-11-15-3-4-16(12-18)23-15/h5-10,13,15-16,18,23,29H,3-4,11-12H2,1-2H3. The number of rotatable bonds is 4. The summed E-state index contributed by atoms with van der Waals surface area (Å²) in [6.07, 6.45) is 6.76. The summed E-state index contributed by atoms with van der Waals surface area (Å²) in [5.41, 5.74) is 3.07. The van der Waals surface area contributed by atoms with E-state index < -0.39 is 0 Å². The van der Waals surface area contributed by atoms with E-state index in [4.69, 9.17) is 0 Å². The fourth-order valence-corrected chi connectivity index (χ4v) is 4.63. The number of fused-ring (bicyclic) bond motifs is 2. The van der Waals surface area contributed by atoms with E-state index in [0.29, 0.717) is 29.4 Å². The molecular weight excluding hydrogens is 364 g/mol. The molecule has 2 atom stereocenters. The number of nitrogens with zero attached hydrogens (tertiary/aromatic N) is 5. The van der Waals surface area contributed by atoms with Crippen LogP contribution in [0.25, 0.3) is 16.9 Å². The van der Waals surface area contributed by atoms with Crippen molar-refractivity contribution in [3.05, 3.63) is 48.3 Å². The van der Waals surface area contributed by atoms with Crippen molar-refractivity contribution in [1.29, 1.82) is 0 Å². The van der Waals surface area contributed by atoms with Crippen LogP contribution in [0.2, 0.25) is 0 Å². The van der Waals surface area contributed by atoms with Crippen molar-refractivity contribution in [2.24, 2.45) is 0 Å². The molecule has 7 nitrogen and oxygen atoms in total. The van der Waals surface area contributed by atoms with Crippen molar-refractivity contribution in [3.8, 4) is 22.7 Å². The maximum absolute atomic E-state index is 10.5. The van der Waals surface area contributed by atoms with Crippen LogP contribution in [-0.2, 0) is 0 Å². The van der Waals surface area contributed by atoms with Crippen molar-refractivity contribution in [3.63, 3.8) is 0 Å². The maximum Gasteiger partial charge on any atom is 0.151 e. The number of benzene rings is 1. The van der Waals surface area contributed by atoms with Crippen LogP contribution in [-0.4, -0.2) is 50.3 Å². The van der Waals surface area contributed by atoms with E-state index in [-0.39, 0.29) is 5.75 Å². The van der Waals surface area contributed by atoms with Crippen LogP contribution in [0.3, 0.4) is 0 Å². The fourth-order valence-electron chi connectivity index (χ4n) is 4.63. The molecule has 7 heteroatoms. The first-order chi connectivity index (χ1) is 14.1. The quantitative estimate of drug-likeness (QED) is 0.713. The number of hydrogen-bond donors (Lipinski definition) is 2. The summed E-state index contributed by atoms with van der Waals surface area (Å²) in [6, 6.07) is 13.1. The van der Waals surface area contributed by atoms with Crippen molar-refractivity contribution in [2.75, 3.05) is 11.9 Å². The summed E-state index contributed by atoms with van der Waals surface area (Å²) >= 11 is 0. The first-order valence-corrected chi connectivity index (χ1v) is 10.3. The molecule has 2 aliphatic heterocycles. The summed E-state index contributed by atoms with van der Waals surface area (Å²) in [4.78, 5) is 2.26. The van der Waals surface area contributed by atoms with E-state index >= 15 is 0 Å². The third-order valence-corrected chi connectivity index (χ3v) is 6.25. The number of phenolic OH excluding ortho intramolecular Hbond substituents is 1. The summed E-state index contributed by atoms with van der Waals surface area (Å²) < 4.78 is 1.74. The highest BCUT2D eigenvalue weighted by Crippen LogP contribution is 2.32. The molecular formula is C22H26N6O. The first-order valence-electron chi connectivity index (χ1n) is 10.3. The number of hydrogen-bond acceptors (Lipinski definition) is 6. The van der Waals surface area contributed by atoms with Gasteiger partial charge < -0.3 is 15.3 Å². The van der Waals surface area contributed by atoms with Gasteiger partial charge >= 0.3 is 0 Å². The number of aryl methyl sites for hydroxylation is 1. The average Bonchev–Trinajstić information content (AvgIpc) is 3.32. The largest absolute Gasteiger partial charge is 0.507 e. The molecule has 4 heterocycles. The summed E-state index contributed by atoms with van der Waals surface area (Å²) in [5, 5.41) is 27.4. The number of nitrogens with one attached hydrogen (secondary N) is 1. The van der Waals surface area contributed by atoms with Gasteiger partial charge in [0.25, 0.3) is 0 Å². The van der Waals surface area contributed by atoms with E-state index in [1.54, 1.807) is 10.7 Å². The zero-order valence-electron chi connectivity index (χ0n) is 16.8. The molecule has 0 radical (unpaired) electrons. The third kappa shape index (κ3) is 3.46. The summed E-state index contributed by atoms with van der Waals surface area (Å²) in [5.74, 6) is 1.05. The third-order valence-electron chi connectivity index (χ3n) is 6.25. The van der Waals surface area contributed by atoms with Crippen molar-refractivity contribution >= 4 is 5.82 Å². The Bertz CT molecular complexity index is 1000. The topological polar surface area (TPSA) is 79.1 Å². The highest BCUT2D eigenvalue weighted by atomic mass is 16.3. The van der Waals surface area contributed by atoms with Crippen LogP contribution in [0, 0.1) is 6.92 Å². The van der Waals surface area contributed by atoms with Crippen LogP contribution in [0.1, 0.15) is 31.4 Å². The van der Waals surface area contributed by atoms with Gasteiger partial charge in [0.1, 0.15) is 5.75 Å². The zero-order chi connectivity index (χ0) is 20.0. The lowest BCUT2D eigenvalue weighted by molar-refractivity contribution is 0.353. The van der Waals surface area contributed by atoms with Gasteiger partial charge in [0.15, 0.2) is 5.82 Å². The molecule has 2 saturated heterocycles. The second-order valence-electron chi connectivity index (χ2n) is 8.25. The first kappa shape index (κ1) is 18.1. The molecule has 2 bridgehead atoms. The number of aromatic nitrogens is 4. The summed E-state index contributed by atoms with van der Waals surface area (Å²) in [6.45, 7) is 1.94. The van der Waals surface area contributed by atoms with E-state index in [0.717, 1.165) is 30.0 Å². The Morgan fingerprint density at radius 1 is 1.07 bits per heavy atom. The SMILES string of the molecule is Cc1ccn(-c2ccc(-c3ccc(N(C)C4CC5CCC(C4)N5)nn3)c(O)c2)n1. The fraction of sp³-hybridized carbons (Fsp3) is 0.409. The highest BCUT2D eigenvalue weighted by molar-refractivity contribution is 5.69. The predicted octanol–water partition coefficient (Wildman–Crippen LogP) is 3.06. The molecule has 29 heavy (non-hydrogen) atoms. The lowest BCUT2D eigenvalue weighted by Crippen LogP contribution is -2.47. The molecule has 2 unspecified atom stereocenters. The Balaban J connectivity index is 1.34. The second kappa shape index (κ2) is 7.15. The molecule has 2 aliphatic rings. The minimum atomic E-state index is 0.168. The van der Waals surface area contributed by atoms with Gasteiger partial charge in [0, 0.05) is 43.0 Å². The molecule has 2 N–H and O–H groups in total. The molecule has 1 aromatic carbocycles. The number of aromatic hydroxyl groups is 1. The van der Waals surface area contributed by atoms with Crippen LogP contribution in [0.4, 0.5) is 5.82 Å². The van der Waals surface area contributed by atoms with E-state index in [1.165, 1.54) is 12.8 Å². The van der Waals surface area contributed by atoms with E-state index in [2.05, 4.69) is 32.6 Å². The van der Waals surface area contributed by atoms with Crippen LogP contribution >= 0.6 is 0 Å². The molecule has 0 spiro atoms. The van der Waals surface area contributed by atoms with Crippen molar-refractivity contribution < 1.29 is 5.11 Å². The van der Waals surface area contributed by atoms with Gasteiger partial charge in [0.05, 0.1) is 17.1 Å². The Hall–Kier alpha value is -2.93. The molecule has 3 aromatic rings. The number of phenols is 1. The van der Waals surface area contributed by atoms with Gasteiger partial charge in [-0.05, 0) is 62.9 Å². The molecule has 2 fully saturated rings. The average molecular weight is 390 g/mol. The minimum absolute atomic E-state index is 0.168. The van der Waals surface area contributed by atoms with Gasteiger partial charge in [-0.3, -0.25) is 0 Å². The van der Waals surface area contributed by atoms with Crippen molar-refractivity contribution in [2.45, 2.75) is 50.7 Å². The second-order valence-corrected chi connectivity index (χ2v) is 8.25.